The fourth-order valence-corrected chi connectivity index (χ4v) is 2.55. The monoisotopic (exact) mass is 261 g/mol. The first-order chi connectivity index (χ1) is 9.28. The molecule has 1 fully saturated rings. The van der Waals surface area contributed by atoms with Crippen LogP contribution in [0, 0.1) is 5.92 Å². The molecule has 0 amide bonds. The summed E-state index contributed by atoms with van der Waals surface area (Å²) in [5.74, 6) is 0.618. The lowest BCUT2D eigenvalue weighted by Gasteiger charge is -2.30. The molecule has 3 nitrogen and oxygen atoms in total. The highest BCUT2D eigenvalue weighted by Crippen LogP contribution is 2.21. The molecule has 1 aliphatic heterocycles. The second-order valence-corrected chi connectivity index (χ2v) is 5.28. The van der Waals surface area contributed by atoms with Crippen molar-refractivity contribution in [3.8, 4) is 0 Å². The van der Waals surface area contributed by atoms with Gasteiger partial charge in [-0.25, -0.2) is 0 Å². The number of piperidine rings is 1. The van der Waals surface area contributed by atoms with Crippen LogP contribution >= 0.6 is 0 Å². The Labute approximate surface area is 115 Å². The van der Waals surface area contributed by atoms with E-state index in [1.807, 2.05) is 12.0 Å². The van der Waals surface area contributed by atoms with Crippen LogP contribution in [0.15, 0.2) is 30.3 Å². The van der Waals surface area contributed by atoms with E-state index in [0.717, 1.165) is 38.8 Å². The minimum absolute atomic E-state index is 0.0935. The van der Waals surface area contributed by atoms with Crippen LogP contribution < -0.4 is 0 Å². The molecule has 0 bridgehead atoms. The van der Waals surface area contributed by atoms with Crippen LogP contribution in [0.4, 0.5) is 0 Å². The Hall–Kier alpha value is -1.35. The fraction of sp³-hybridized carbons (Fsp3) is 0.562. The highest BCUT2D eigenvalue weighted by atomic mass is 16.7. The standard InChI is InChI=1S/C16H23NO2/c1-2-6-16(18)19-17-11-9-15(10-12-17)13-14-7-4-3-5-8-14/h3-5,7-8,15H,2,6,9-13H2,1H3. The minimum Gasteiger partial charge on any atom is -0.368 e. The molecule has 104 valence electrons. The van der Waals surface area contributed by atoms with E-state index < -0.39 is 0 Å². The topological polar surface area (TPSA) is 29.5 Å². The molecule has 0 N–H and O–H groups in total. The van der Waals surface area contributed by atoms with Crippen molar-refractivity contribution in [2.75, 3.05) is 13.1 Å². The number of benzene rings is 1. The number of carbonyl (C=O) groups excluding carboxylic acids is 1. The van der Waals surface area contributed by atoms with Crippen LogP contribution in [-0.4, -0.2) is 24.1 Å². The fourth-order valence-electron chi connectivity index (χ4n) is 2.55. The lowest BCUT2D eigenvalue weighted by molar-refractivity contribution is -0.196. The summed E-state index contributed by atoms with van der Waals surface area (Å²) >= 11 is 0. The van der Waals surface area contributed by atoms with Gasteiger partial charge in [0.25, 0.3) is 0 Å². The molecule has 0 aromatic heterocycles. The highest BCUT2D eigenvalue weighted by molar-refractivity contribution is 5.68. The van der Waals surface area contributed by atoms with Gasteiger partial charge in [-0.15, -0.1) is 5.06 Å². The van der Waals surface area contributed by atoms with E-state index in [9.17, 15) is 4.79 Å². The van der Waals surface area contributed by atoms with Crippen molar-refractivity contribution in [3.05, 3.63) is 35.9 Å². The maximum Gasteiger partial charge on any atom is 0.325 e. The number of rotatable bonds is 5. The third-order valence-corrected chi connectivity index (χ3v) is 3.63. The first-order valence-corrected chi connectivity index (χ1v) is 7.27. The summed E-state index contributed by atoms with van der Waals surface area (Å²) in [6.07, 6.45) is 4.72. The first-order valence-electron chi connectivity index (χ1n) is 7.27. The summed E-state index contributed by atoms with van der Waals surface area (Å²) in [7, 11) is 0. The molecule has 1 saturated heterocycles. The molecule has 1 aromatic carbocycles. The van der Waals surface area contributed by atoms with Gasteiger partial charge in [-0.2, -0.15) is 0 Å². The van der Waals surface area contributed by atoms with Crippen LogP contribution in [0.1, 0.15) is 38.2 Å². The molecule has 0 spiro atoms. The molecule has 19 heavy (non-hydrogen) atoms. The van der Waals surface area contributed by atoms with Crippen LogP contribution in [0.5, 0.6) is 0 Å². The quantitative estimate of drug-likeness (QED) is 0.815. The molecular weight excluding hydrogens is 238 g/mol. The van der Waals surface area contributed by atoms with Crippen molar-refractivity contribution in [3.63, 3.8) is 0 Å². The molecule has 0 saturated carbocycles. The molecule has 0 aliphatic carbocycles. The third-order valence-electron chi connectivity index (χ3n) is 3.63. The smallest absolute Gasteiger partial charge is 0.325 e. The summed E-state index contributed by atoms with van der Waals surface area (Å²) in [6.45, 7) is 3.73. The lowest BCUT2D eigenvalue weighted by Crippen LogP contribution is -2.36. The van der Waals surface area contributed by atoms with Gasteiger partial charge in [0.2, 0.25) is 0 Å². The van der Waals surface area contributed by atoms with Crippen molar-refractivity contribution in [1.29, 1.82) is 0 Å². The van der Waals surface area contributed by atoms with Gasteiger partial charge in [0.05, 0.1) is 0 Å². The summed E-state index contributed by atoms with van der Waals surface area (Å²) in [4.78, 5) is 16.7. The third kappa shape index (κ3) is 4.67. The Morgan fingerprint density at radius 1 is 1.26 bits per heavy atom. The maximum absolute atomic E-state index is 11.4. The van der Waals surface area contributed by atoms with E-state index in [-0.39, 0.29) is 5.97 Å². The molecule has 1 heterocycles. The average molecular weight is 261 g/mol. The summed E-state index contributed by atoms with van der Waals surface area (Å²) in [6, 6.07) is 10.6. The van der Waals surface area contributed by atoms with Gasteiger partial charge in [0.15, 0.2) is 0 Å². The van der Waals surface area contributed by atoms with Crippen molar-refractivity contribution in [2.45, 2.75) is 39.0 Å². The summed E-state index contributed by atoms with van der Waals surface area (Å²) in [5, 5.41) is 1.83. The lowest BCUT2D eigenvalue weighted by atomic mass is 9.91. The van der Waals surface area contributed by atoms with Gasteiger partial charge in [-0.05, 0) is 37.2 Å². The van der Waals surface area contributed by atoms with Crippen molar-refractivity contribution < 1.29 is 9.63 Å². The maximum atomic E-state index is 11.4. The molecular formula is C16H23NO2. The Balaban J connectivity index is 1.72. The zero-order chi connectivity index (χ0) is 13.5. The number of hydrogen-bond acceptors (Lipinski definition) is 3. The SMILES string of the molecule is CCCC(=O)ON1CCC(Cc2ccccc2)CC1. The predicted molar refractivity (Wildman–Crippen MR) is 75.4 cm³/mol. The Bertz CT molecular complexity index is 383. The van der Waals surface area contributed by atoms with Crippen LogP contribution in [0.2, 0.25) is 0 Å². The number of hydroxylamine groups is 2. The van der Waals surface area contributed by atoms with Crippen molar-refractivity contribution in [2.24, 2.45) is 5.92 Å². The average Bonchev–Trinajstić information content (AvgIpc) is 2.42. The summed E-state index contributed by atoms with van der Waals surface area (Å²) in [5.41, 5.74) is 1.41. The second kappa shape index (κ2) is 7.29. The van der Waals surface area contributed by atoms with E-state index in [2.05, 4.69) is 30.3 Å². The van der Waals surface area contributed by atoms with Gasteiger partial charge in [0, 0.05) is 19.5 Å². The molecule has 2 rings (SSSR count). The van der Waals surface area contributed by atoms with Crippen LogP contribution in [0.25, 0.3) is 0 Å². The Kier molecular flexibility index (Phi) is 5.40. The van der Waals surface area contributed by atoms with E-state index in [1.165, 1.54) is 5.56 Å². The molecule has 0 atom stereocenters. The van der Waals surface area contributed by atoms with E-state index in [1.54, 1.807) is 0 Å². The van der Waals surface area contributed by atoms with Crippen molar-refractivity contribution in [1.82, 2.24) is 5.06 Å². The van der Waals surface area contributed by atoms with E-state index in [4.69, 9.17) is 4.84 Å². The van der Waals surface area contributed by atoms with Gasteiger partial charge < -0.3 is 4.84 Å². The van der Waals surface area contributed by atoms with Crippen molar-refractivity contribution >= 4 is 5.97 Å². The van der Waals surface area contributed by atoms with E-state index in [0.29, 0.717) is 12.3 Å². The molecule has 1 aliphatic rings. The van der Waals surface area contributed by atoms with Gasteiger partial charge in [0.1, 0.15) is 0 Å². The normalized spacial score (nSPS) is 17.3. The molecule has 1 aromatic rings. The summed E-state index contributed by atoms with van der Waals surface area (Å²) < 4.78 is 0. The van der Waals surface area contributed by atoms with Crippen LogP contribution in [-0.2, 0) is 16.1 Å². The number of hydrogen-bond donors (Lipinski definition) is 0. The zero-order valence-electron chi connectivity index (χ0n) is 11.7. The van der Waals surface area contributed by atoms with E-state index >= 15 is 0 Å². The zero-order valence-corrected chi connectivity index (χ0v) is 11.7. The van der Waals surface area contributed by atoms with Crippen LogP contribution in [0.3, 0.4) is 0 Å². The second-order valence-electron chi connectivity index (χ2n) is 5.28. The Morgan fingerprint density at radius 3 is 2.58 bits per heavy atom. The van der Waals surface area contributed by atoms with Gasteiger partial charge in [-0.3, -0.25) is 4.79 Å². The number of carbonyl (C=O) groups is 1. The minimum atomic E-state index is -0.0935. The Morgan fingerprint density at radius 2 is 1.95 bits per heavy atom. The number of nitrogens with zero attached hydrogens (tertiary/aromatic N) is 1. The highest BCUT2D eigenvalue weighted by Gasteiger charge is 2.21. The molecule has 3 heteroatoms. The van der Waals surface area contributed by atoms with Gasteiger partial charge >= 0.3 is 5.97 Å². The van der Waals surface area contributed by atoms with Gasteiger partial charge in [-0.1, -0.05) is 37.3 Å². The first kappa shape index (κ1) is 14.1. The molecule has 0 radical (unpaired) electrons. The predicted octanol–water partition coefficient (Wildman–Crippen LogP) is 3.20. The largest absolute Gasteiger partial charge is 0.368 e. The molecule has 0 unspecified atom stereocenters.